The fourth-order valence-corrected chi connectivity index (χ4v) is 2.66. The molecule has 0 heterocycles. The number of carbonyl (C=O) groups is 1. The highest BCUT2D eigenvalue weighted by Crippen LogP contribution is 2.39. The molecule has 0 aliphatic carbocycles. The van der Waals surface area contributed by atoms with E-state index < -0.39 is 21.5 Å². The van der Waals surface area contributed by atoms with E-state index >= 15 is 0 Å². The number of rotatable bonds is 10. The van der Waals surface area contributed by atoms with Gasteiger partial charge in [0.25, 0.3) is 5.69 Å². The molecule has 0 saturated carbocycles. The average Bonchev–Trinajstić information content (AvgIpc) is 2.57. The number of nitro benzene ring substituents is 2. The summed E-state index contributed by atoms with van der Waals surface area (Å²) in [4.78, 5) is 32.9. The Balaban J connectivity index is 3.26. The number of hydrogen-bond acceptors (Lipinski definition) is 6. The smallest absolute Gasteiger partial charge is 0.336 e. The first-order valence-corrected chi connectivity index (χ1v) is 8.63. The lowest BCUT2D eigenvalue weighted by Crippen LogP contribution is -2.08. The molecular formula is C18H24N2O6. The van der Waals surface area contributed by atoms with E-state index in [1.165, 1.54) is 12.1 Å². The van der Waals surface area contributed by atoms with E-state index in [0.29, 0.717) is 12.0 Å². The average molecular weight is 364 g/mol. The molecule has 1 atom stereocenters. The molecule has 1 rings (SSSR count). The SMILES string of the molecule is C/C=C\C(=O)Oc1cc(C(C)CCCCCC)c([N+](=O)[O-])cc1[N+](=O)[O-]. The van der Waals surface area contributed by atoms with Gasteiger partial charge in [-0.1, -0.05) is 45.6 Å². The molecule has 0 amide bonds. The van der Waals surface area contributed by atoms with E-state index in [1.807, 2.05) is 6.92 Å². The molecule has 0 fully saturated rings. The van der Waals surface area contributed by atoms with Crippen LogP contribution >= 0.6 is 0 Å². The molecule has 0 saturated heterocycles. The van der Waals surface area contributed by atoms with Gasteiger partial charge in [-0.2, -0.15) is 0 Å². The molecule has 26 heavy (non-hydrogen) atoms. The summed E-state index contributed by atoms with van der Waals surface area (Å²) < 4.78 is 5.03. The van der Waals surface area contributed by atoms with Crippen molar-refractivity contribution in [2.45, 2.75) is 58.8 Å². The summed E-state index contributed by atoms with van der Waals surface area (Å²) in [5.74, 6) is -1.24. The Morgan fingerprint density at radius 1 is 1.15 bits per heavy atom. The Hall–Kier alpha value is -2.77. The van der Waals surface area contributed by atoms with Crippen molar-refractivity contribution in [1.29, 1.82) is 0 Å². The summed E-state index contributed by atoms with van der Waals surface area (Å²) in [5, 5.41) is 22.6. The third kappa shape index (κ3) is 5.94. The second-order valence-corrected chi connectivity index (χ2v) is 6.06. The van der Waals surface area contributed by atoms with Gasteiger partial charge in [0.05, 0.1) is 15.9 Å². The molecule has 0 N–H and O–H groups in total. The minimum absolute atomic E-state index is 0.188. The van der Waals surface area contributed by atoms with Gasteiger partial charge < -0.3 is 4.74 Å². The molecule has 0 bridgehead atoms. The first kappa shape index (κ1) is 21.3. The van der Waals surface area contributed by atoms with Crippen molar-refractivity contribution in [3.05, 3.63) is 50.1 Å². The first-order valence-electron chi connectivity index (χ1n) is 8.63. The van der Waals surface area contributed by atoms with Gasteiger partial charge in [0.1, 0.15) is 0 Å². The van der Waals surface area contributed by atoms with Gasteiger partial charge in [0.2, 0.25) is 5.75 Å². The van der Waals surface area contributed by atoms with E-state index in [2.05, 4.69) is 6.92 Å². The van der Waals surface area contributed by atoms with Crippen molar-refractivity contribution < 1.29 is 19.4 Å². The molecule has 1 unspecified atom stereocenters. The second-order valence-electron chi connectivity index (χ2n) is 6.06. The van der Waals surface area contributed by atoms with Crippen molar-refractivity contribution in [2.75, 3.05) is 0 Å². The number of esters is 1. The van der Waals surface area contributed by atoms with Gasteiger partial charge in [0.15, 0.2) is 0 Å². The molecule has 8 heteroatoms. The van der Waals surface area contributed by atoms with Crippen LogP contribution in [0.15, 0.2) is 24.3 Å². The first-order chi connectivity index (χ1) is 12.3. The highest BCUT2D eigenvalue weighted by atomic mass is 16.6. The molecule has 0 radical (unpaired) electrons. The number of allylic oxidation sites excluding steroid dienone is 1. The van der Waals surface area contributed by atoms with Crippen molar-refractivity contribution in [1.82, 2.24) is 0 Å². The molecule has 0 aromatic heterocycles. The zero-order valence-electron chi connectivity index (χ0n) is 15.3. The zero-order valence-corrected chi connectivity index (χ0v) is 15.3. The van der Waals surface area contributed by atoms with Crippen LogP contribution in [0.1, 0.15) is 64.4 Å². The molecule has 1 aromatic rings. The molecular weight excluding hydrogens is 340 g/mol. The fraction of sp³-hybridized carbons (Fsp3) is 0.500. The number of hydrogen-bond donors (Lipinski definition) is 0. The van der Waals surface area contributed by atoms with Crippen LogP contribution in [-0.4, -0.2) is 15.8 Å². The molecule has 0 aliphatic rings. The number of nitro groups is 2. The van der Waals surface area contributed by atoms with Gasteiger partial charge in [-0.25, -0.2) is 4.79 Å². The fourth-order valence-electron chi connectivity index (χ4n) is 2.66. The van der Waals surface area contributed by atoms with Gasteiger partial charge in [0, 0.05) is 11.6 Å². The summed E-state index contributed by atoms with van der Waals surface area (Å²) in [6.07, 6.45) is 7.36. The van der Waals surface area contributed by atoms with E-state index in [0.717, 1.165) is 37.8 Å². The lowest BCUT2D eigenvalue weighted by molar-refractivity contribution is -0.395. The Bertz CT molecular complexity index is 699. The summed E-state index contributed by atoms with van der Waals surface area (Å²) >= 11 is 0. The van der Waals surface area contributed by atoms with Crippen LogP contribution in [-0.2, 0) is 4.79 Å². The standard InChI is InChI=1S/C18H24N2O6/c1-4-6-7-8-10-13(3)14-11-17(26-18(21)9-5-2)16(20(24)25)12-15(14)19(22)23/h5,9,11-13H,4,6-8,10H2,1-3H3/b9-5-. The van der Waals surface area contributed by atoms with Crippen molar-refractivity contribution in [2.24, 2.45) is 0 Å². The maximum Gasteiger partial charge on any atom is 0.336 e. The van der Waals surface area contributed by atoms with Crippen molar-refractivity contribution >= 4 is 17.3 Å². The third-order valence-corrected chi connectivity index (χ3v) is 4.04. The normalized spacial score (nSPS) is 12.1. The summed E-state index contributed by atoms with van der Waals surface area (Å²) in [6.45, 7) is 5.53. The number of nitrogens with zero attached hydrogens (tertiary/aromatic N) is 2. The predicted molar refractivity (Wildman–Crippen MR) is 97.4 cm³/mol. The minimum atomic E-state index is -0.791. The second kappa shape index (κ2) is 10.3. The lowest BCUT2D eigenvalue weighted by atomic mass is 9.93. The van der Waals surface area contributed by atoms with Crippen molar-refractivity contribution in [3.8, 4) is 5.75 Å². The third-order valence-electron chi connectivity index (χ3n) is 4.04. The van der Waals surface area contributed by atoms with E-state index in [1.54, 1.807) is 6.92 Å². The maximum atomic E-state index is 11.7. The Kier molecular flexibility index (Phi) is 8.41. The molecule has 142 valence electrons. The van der Waals surface area contributed by atoms with Gasteiger partial charge >= 0.3 is 11.7 Å². The van der Waals surface area contributed by atoms with Crippen LogP contribution in [0.5, 0.6) is 5.75 Å². The van der Waals surface area contributed by atoms with Crippen LogP contribution in [0.4, 0.5) is 11.4 Å². The molecule has 8 nitrogen and oxygen atoms in total. The van der Waals surface area contributed by atoms with Crippen LogP contribution < -0.4 is 4.74 Å². The highest BCUT2D eigenvalue weighted by molar-refractivity contribution is 5.85. The van der Waals surface area contributed by atoms with Gasteiger partial charge in [-0.15, -0.1) is 0 Å². The van der Waals surface area contributed by atoms with Gasteiger partial charge in [-0.3, -0.25) is 20.2 Å². The Morgan fingerprint density at radius 3 is 2.35 bits per heavy atom. The number of ether oxygens (including phenoxy) is 1. The van der Waals surface area contributed by atoms with Gasteiger partial charge in [-0.05, 0) is 25.3 Å². The summed E-state index contributed by atoms with van der Waals surface area (Å²) in [7, 11) is 0. The van der Waals surface area contributed by atoms with E-state index in [4.69, 9.17) is 4.74 Å². The zero-order chi connectivity index (χ0) is 19.7. The minimum Gasteiger partial charge on any atom is -0.416 e. The summed E-state index contributed by atoms with van der Waals surface area (Å²) in [5.41, 5.74) is -0.595. The van der Waals surface area contributed by atoms with Crippen LogP contribution in [0.2, 0.25) is 0 Å². The molecule has 0 aliphatic heterocycles. The highest BCUT2D eigenvalue weighted by Gasteiger charge is 2.28. The van der Waals surface area contributed by atoms with E-state index in [-0.39, 0.29) is 17.4 Å². The number of benzene rings is 1. The molecule has 0 spiro atoms. The molecule has 1 aromatic carbocycles. The monoisotopic (exact) mass is 364 g/mol. The van der Waals surface area contributed by atoms with Crippen LogP contribution in [0.3, 0.4) is 0 Å². The lowest BCUT2D eigenvalue weighted by Gasteiger charge is -2.14. The number of carbonyl (C=O) groups excluding carboxylic acids is 1. The largest absolute Gasteiger partial charge is 0.416 e. The predicted octanol–water partition coefficient (Wildman–Crippen LogP) is 5.06. The summed E-state index contributed by atoms with van der Waals surface area (Å²) in [6, 6.07) is 2.12. The Morgan fingerprint density at radius 2 is 1.81 bits per heavy atom. The number of unbranched alkanes of at least 4 members (excludes halogenated alkanes) is 3. The topological polar surface area (TPSA) is 113 Å². The Labute approximate surface area is 152 Å². The van der Waals surface area contributed by atoms with Crippen molar-refractivity contribution in [3.63, 3.8) is 0 Å². The van der Waals surface area contributed by atoms with Crippen LogP contribution in [0, 0.1) is 20.2 Å². The maximum absolute atomic E-state index is 11.7. The van der Waals surface area contributed by atoms with E-state index in [9.17, 15) is 25.0 Å². The van der Waals surface area contributed by atoms with Crippen LogP contribution in [0.25, 0.3) is 0 Å². The quantitative estimate of drug-likeness (QED) is 0.143.